The lowest BCUT2D eigenvalue weighted by molar-refractivity contribution is 0.0571. The Kier molecular flexibility index (Phi) is 4.38. The van der Waals surface area contributed by atoms with Crippen LogP contribution < -0.4 is 0 Å². The summed E-state index contributed by atoms with van der Waals surface area (Å²) < 4.78 is 2.27. The molecular weight excluding hydrogens is 302 g/mol. The molecule has 0 radical (unpaired) electrons. The summed E-state index contributed by atoms with van der Waals surface area (Å²) in [6.45, 7) is 4.07. The molecule has 6 heteroatoms. The van der Waals surface area contributed by atoms with Gasteiger partial charge < -0.3 is 5.11 Å². The summed E-state index contributed by atoms with van der Waals surface area (Å²) in [5, 5.41) is 22.2. The summed E-state index contributed by atoms with van der Waals surface area (Å²) in [4.78, 5) is 1.17. The van der Waals surface area contributed by atoms with Crippen molar-refractivity contribution in [3.8, 4) is 10.7 Å². The van der Waals surface area contributed by atoms with Crippen molar-refractivity contribution in [2.24, 2.45) is 0 Å². The Balaban J connectivity index is 1.83. The maximum atomic E-state index is 10.4. The fourth-order valence-corrected chi connectivity index (χ4v) is 4.25. The van der Waals surface area contributed by atoms with Crippen LogP contribution in [-0.2, 0) is 0 Å². The van der Waals surface area contributed by atoms with E-state index >= 15 is 0 Å². The topological polar surface area (TPSA) is 50.9 Å². The second-order valence-corrected chi connectivity index (χ2v) is 7.49. The highest BCUT2D eigenvalue weighted by atomic mass is 32.2. The molecule has 0 amide bonds. The minimum absolute atomic E-state index is 0.538. The van der Waals surface area contributed by atoms with Crippen LogP contribution in [0.5, 0.6) is 0 Å². The number of aliphatic hydroxyl groups is 1. The van der Waals surface area contributed by atoms with E-state index in [4.69, 9.17) is 0 Å². The molecule has 0 unspecified atom stereocenters. The van der Waals surface area contributed by atoms with Crippen LogP contribution in [0.15, 0.2) is 22.7 Å². The van der Waals surface area contributed by atoms with Crippen molar-refractivity contribution in [3.63, 3.8) is 0 Å². The average molecular weight is 323 g/mol. The van der Waals surface area contributed by atoms with E-state index in [9.17, 15) is 5.11 Å². The Morgan fingerprint density at radius 3 is 2.71 bits per heavy atom. The van der Waals surface area contributed by atoms with Crippen molar-refractivity contribution in [2.45, 2.75) is 56.3 Å². The second-order valence-electron chi connectivity index (χ2n) is 5.60. The molecule has 4 nitrogen and oxygen atoms in total. The third-order valence-corrected chi connectivity index (χ3v) is 6.19. The molecule has 1 aliphatic rings. The van der Waals surface area contributed by atoms with Gasteiger partial charge in [0.05, 0.1) is 10.5 Å². The highest BCUT2D eigenvalue weighted by Crippen LogP contribution is 2.42. The number of thioether (sulfide) groups is 1. The standard InChI is InChI=1S/C15H21N3OS2/c1-3-15(19,4-2)10-21-14-17-16-13(12-6-5-9-20-12)18(14)11-7-8-11/h5-6,9,11,19H,3-4,7-8,10H2,1-2H3. The number of thiophene rings is 1. The summed E-state index contributed by atoms with van der Waals surface area (Å²) >= 11 is 3.33. The first-order chi connectivity index (χ1) is 10.2. The zero-order valence-corrected chi connectivity index (χ0v) is 14.1. The fraction of sp³-hybridized carbons (Fsp3) is 0.600. The van der Waals surface area contributed by atoms with Gasteiger partial charge in [-0.25, -0.2) is 0 Å². The minimum Gasteiger partial charge on any atom is -0.389 e. The third kappa shape index (κ3) is 3.17. The van der Waals surface area contributed by atoms with Gasteiger partial charge in [0.15, 0.2) is 11.0 Å². The van der Waals surface area contributed by atoms with Gasteiger partial charge in [-0.05, 0) is 37.1 Å². The first-order valence-corrected chi connectivity index (χ1v) is 9.37. The first kappa shape index (κ1) is 15.1. The SMILES string of the molecule is CCC(O)(CC)CSc1nnc(-c2cccs2)n1C1CC1. The van der Waals surface area contributed by atoms with E-state index in [-0.39, 0.29) is 0 Å². The quantitative estimate of drug-likeness (QED) is 0.783. The molecule has 0 aliphatic heterocycles. The van der Waals surface area contributed by atoms with Crippen LogP contribution in [0.4, 0.5) is 0 Å². The van der Waals surface area contributed by atoms with Crippen molar-refractivity contribution in [2.75, 3.05) is 5.75 Å². The molecule has 2 heterocycles. The van der Waals surface area contributed by atoms with Gasteiger partial charge in [-0.15, -0.1) is 21.5 Å². The molecule has 21 heavy (non-hydrogen) atoms. The molecule has 2 aromatic rings. The molecule has 114 valence electrons. The van der Waals surface area contributed by atoms with E-state index in [0.29, 0.717) is 11.8 Å². The Morgan fingerprint density at radius 2 is 2.14 bits per heavy atom. The zero-order valence-electron chi connectivity index (χ0n) is 12.5. The van der Waals surface area contributed by atoms with E-state index in [2.05, 4.69) is 26.2 Å². The lowest BCUT2D eigenvalue weighted by Gasteiger charge is -2.24. The molecule has 0 bridgehead atoms. The first-order valence-electron chi connectivity index (χ1n) is 7.51. The van der Waals surface area contributed by atoms with Crippen LogP contribution in [0, 0.1) is 0 Å². The van der Waals surface area contributed by atoms with Crippen LogP contribution >= 0.6 is 23.1 Å². The van der Waals surface area contributed by atoms with E-state index in [0.717, 1.165) is 23.8 Å². The number of nitrogens with zero attached hydrogens (tertiary/aromatic N) is 3. The summed E-state index contributed by atoms with van der Waals surface area (Å²) in [7, 11) is 0. The molecule has 0 aromatic carbocycles. The predicted molar refractivity (Wildman–Crippen MR) is 87.9 cm³/mol. The summed E-state index contributed by atoms with van der Waals surface area (Å²) in [6, 6.07) is 4.68. The maximum absolute atomic E-state index is 10.4. The average Bonchev–Trinajstić information content (AvgIpc) is 3.04. The lowest BCUT2D eigenvalue weighted by Crippen LogP contribution is -2.29. The summed E-state index contributed by atoms with van der Waals surface area (Å²) in [5.41, 5.74) is -0.603. The molecule has 2 aromatic heterocycles. The van der Waals surface area contributed by atoms with Crippen molar-refractivity contribution in [3.05, 3.63) is 17.5 Å². The predicted octanol–water partition coefficient (Wildman–Crippen LogP) is 3.98. The minimum atomic E-state index is -0.603. The molecule has 0 atom stereocenters. The van der Waals surface area contributed by atoms with Crippen LogP contribution in [0.2, 0.25) is 0 Å². The molecule has 0 saturated heterocycles. The van der Waals surface area contributed by atoms with Crippen LogP contribution in [0.3, 0.4) is 0 Å². The van der Waals surface area contributed by atoms with Crippen LogP contribution in [-0.4, -0.2) is 31.2 Å². The van der Waals surface area contributed by atoms with Crippen molar-refractivity contribution in [1.29, 1.82) is 0 Å². The van der Waals surface area contributed by atoms with Gasteiger partial charge in [0.2, 0.25) is 0 Å². The van der Waals surface area contributed by atoms with Gasteiger partial charge in [0, 0.05) is 11.8 Å². The lowest BCUT2D eigenvalue weighted by atomic mass is 10.0. The molecular formula is C15H21N3OS2. The highest BCUT2D eigenvalue weighted by Gasteiger charge is 2.31. The molecule has 1 fully saturated rings. The van der Waals surface area contributed by atoms with E-state index in [1.54, 1.807) is 23.1 Å². The molecule has 0 spiro atoms. The van der Waals surface area contributed by atoms with Gasteiger partial charge >= 0.3 is 0 Å². The van der Waals surface area contributed by atoms with E-state index < -0.39 is 5.60 Å². The highest BCUT2D eigenvalue weighted by molar-refractivity contribution is 7.99. The number of hydrogen-bond donors (Lipinski definition) is 1. The van der Waals surface area contributed by atoms with E-state index in [1.165, 1.54) is 17.7 Å². The summed E-state index contributed by atoms with van der Waals surface area (Å²) in [5.74, 6) is 1.65. The number of aromatic nitrogens is 3. The monoisotopic (exact) mass is 323 g/mol. The number of hydrogen-bond acceptors (Lipinski definition) is 5. The second kappa shape index (κ2) is 6.10. The fourth-order valence-electron chi connectivity index (χ4n) is 2.26. The van der Waals surface area contributed by atoms with Gasteiger partial charge in [-0.1, -0.05) is 31.7 Å². The van der Waals surface area contributed by atoms with Gasteiger partial charge in [0.1, 0.15) is 0 Å². The Morgan fingerprint density at radius 1 is 1.38 bits per heavy atom. The van der Waals surface area contributed by atoms with E-state index in [1.807, 2.05) is 19.9 Å². The smallest absolute Gasteiger partial charge is 0.191 e. The molecule has 1 saturated carbocycles. The Labute approximate surface area is 133 Å². The van der Waals surface area contributed by atoms with Gasteiger partial charge in [-0.2, -0.15) is 0 Å². The van der Waals surface area contributed by atoms with Gasteiger partial charge in [-0.3, -0.25) is 4.57 Å². The largest absolute Gasteiger partial charge is 0.389 e. The normalized spacial score (nSPS) is 15.6. The van der Waals surface area contributed by atoms with Gasteiger partial charge in [0.25, 0.3) is 0 Å². The van der Waals surface area contributed by atoms with Crippen LogP contribution in [0.25, 0.3) is 10.7 Å². The Bertz CT molecular complexity index is 586. The molecule has 1 aliphatic carbocycles. The summed E-state index contributed by atoms with van der Waals surface area (Å²) in [6.07, 6.45) is 3.95. The molecule has 3 rings (SSSR count). The maximum Gasteiger partial charge on any atom is 0.191 e. The van der Waals surface area contributed by atoms with Crippen molar-refractivity contribution in [1.82, 2.24) is 14.8 Å². The Hall–Kier alpha value is -0.850. The third-order valence-electron chi connectivity index (χ3n) is 4.10. The van der Waals surface area contributed by atoms with Crippen molar-refractivity contribution >= 4 is 23.1 Å². The van der Waals surface area contributed by atoms with Crippen LogP contribution in [0.1, 0.15) is 45.6 Å². The molecule has 1 N–H and O–H groups in total. The van der Waals surface area contributed by atoms with Crippen molar-refractivity contribution < 1.29 is 5.11 Å². The number of rotatable bonds is 7. The zero-order chi connectivity index (χ0) is 14.9.